The highest BCUT2D eigenvalue weighted by atomic mass is 15.2. The second-order valence-corrected chi connectivity index (χ2v) is 9.81. The van der Waals surface area contributed by atoms with E-state index in [4.69, 9.17) is 9.97 Å². The monoisotopic (exact) mass is 514 g/mol. The van der Waals surface area contributed by atoms with Gasteiger partial charge in [-0.25, -0.2) is 4.98 Å². The summed E-state index contributed by atoms with van der Waals surface area (Å²) in [6.45, 7) is 15.9. The number of aromatic nitrogens is 4. The molecule has 4 aromatic carbocycles. The molecule has 0 fully saturated rings. The molecule has 4 nitrogen and oxygen atoms in total. The van der Waals surface area contributed by atoms with Gasteiger partial charge in [-0.05, 0) is 76.9 Å². The molecule has 0 unspecified atom stereocenters. The van der Waals surface area contributed by atoms with Gasteiger partial charge < -0.3 is 0 Å². The molecule has 40 heavy (non-hydrogen) atoms. The van der Waals surface area contributed by atoms with Crippen molar-refractivity contribution in [2.45, 2.75) is 0 Å². The van der Waals surface area contributed by atoms with Crippen LogP contribution in [-0.4, -0.2) is 19.1 Å². The number of nitrogens with zero attached hydrogens (tertiary/aromatic N) is 4. The first-order valence-electron chi connectivity index (χ1n) is 13.1. The van der Waals surface area contributed by atoms with Crippen molar-refractivity contribution in [2.75, 3.05) is 0 Å². The van der Waals surface area contributed by atoms with Gasteiger partial charge in [0, 0.05) is 27.7 Å². The second-order valence-electron chi connectivity index (χ2n) is 9.81. The van der Waals surface area contributed by atoms with Crippen LogP contribution in [0.5, 0.6) is 0 Å². The number of rotatable bonds is 6. The second kappa shape index (κ2) is 9.07. The molecule has 3 aromatic heterocycles. The van der Waals surface area contributed by atoms with Gasteiger partial charge in [-0.2, -0.15) is 4.98 Å². The Morgan fingerprint density at radius 3 is 1.23 bits per heavy atom. The van der Waals surface area contributed by atoms with Crippen LogP contribution in [0.25, 0.3) is 79.7 Å². The molecular weight excluding hydrogens is 488 g/mol. The predicted octanol–water partition coefficient (Wildman–Crippen LogP) is 9.24. The molecule has 0 N–H and O–H groups in total. The van der Waals surface area contributed by atoms with E-state index in [2.05, 4.69) is 108 Å². The van der Waals surface area contributed by atoms with Gasteiger partial charge in [0.1, 0.15) is 5.82 Å². The van der Waals surface area contributed by atoms with Crippen molar-refractivity contribution >= 4 is 67.9 Å². The topological polar surface area (TPSA) is 35.6 Å². The zero-order valence-electron chi connectivity index (χ0n) is 22.0. The molecule has 7 rings (SSSR count). The molecule has 7 aromatic rings. The quantitative estimate of drug-likeness (QED) is 0.222. The zero-order chi connectivity index (χ0) is 27.4. The molecule has 0 spiro atoms. The van der Waals surface area contributed by atoms with Crippen molar-refractivity contribution in [3.05, 3.63) is 134 Å². The maximum atomic E-state index is 5.16. The first-order chi connectivity index (χ1) is 19.6. The predicted molar refractivity (Wildman–Crippen MR) is 171 cm³/mol. The Hall–Kier alpha value is -5.48. The van der Waals surface area contributed by atoms with E-state index in [9.17, 15) is 0 Å². The van der Waals surface area contributed by atoms with E-state index in [1.165, 1.54) is 0 Å². The summed E-state index contributed by atoms with van der Waals surface area (Å²) >= 11 is 0. The van der Waals surface area contributed by atoms with E-state index >= 15 is 0 Å². The summed E-state index contributed by atoms with van der Waals surface area (Å²) in [4.78, 5) is 9.93. The Morgan fingerprint density at radius 1 is 0.475 bits per heavy atom. The van der Waals surface area contributed by atoms with Crippen LogP contribution in [0.1, 0.15) is 22.3 Å². The van der Waals surface area contributed by atoms with E-state index in [1.807, 2.05) is 36.6 Å². The average Bonchev–Trinajstić information content (AvgIpc) is 3.51. The third kappa shape index (κ3) is 3.47. The maximum Gasteiger partial charge on any atom is 0.236 e. The molecule has 0 aliphatic heterocycles. The van der Waals surface area contributed by atoms with Crippen LogP contribution in [0.3, 0.4) is 0 Å². The summed E-state index contributed by atoms with van der Waals surface area (Å²) in [7, 11) is 0. The van der Waals surface area contributed by atoms with Crippen LogP contribution in [-0.2, 0) is 0 Å². The van der Waals surface area contributed by atoms with Crippen LogP contribution < -0.4 is 0 Å². The van der Waals surface area contributed by atoms with E-state index in [1.54, 1.807) is 0 Å². The number of benzene rings is 4. The van der Waals surface area contributed by atoms with Crippen LogP contribution in [0.2, 0.25) is 0 Å². The molecule has 0 radical (unpaired) electrons. The largest absolute Gasteiger partial charge is 0.294 e. The fraction of sp³-hybridized carbons (Fsp3) is 0. The molecule has 190 valence electrons. The molecule has 4 heteroatoms. The van der Waals surface area contributed by atoms with Crippen molar-refractivity contribution < 1.29 is 0 Å². The van der Waals surface area contributed by atoms with Gasteiger partial charge in [0.25, 0.3) is 0 Å². The molecule has 0 saturated heterocycles. The third-order valence-electron chi connectivity index (χ3n) is 7.63. The molecule has 0 atom stereocenters. The van der Waals surface area contributed by atoms with Crippen LogP contribution in [0, 0.1) is 0 Å². The van der Waals surface area contributed by atoms with E-state index < -0.39 is 0 Å². The summed E-state index contributed by atoms with van der Waals surface area (Å²) < 4.78 is 4.34. The minimum absolute atomic E-state index is 0.607. The summed E-state index contributed by atoms with van der Waals surface area (Å²) in [6, 6.07) is 27.5. The zero-order valence-corrected chi connectivity index (χ0v) is 22.0. The van der Waals surface area contributed by atoms with Gasteiger partial charge in [-0.15, -0.1) is 0 Å². The lowest BCUT2D eigenvalue weighted by molar-refractivity contribution is 0.948. The standard InChI is InChI=1S/C36H26N4/c1-5-23-9-13-31-27(19-23)28-20-24(6-2)10-14-32(28)39(31)35-17-18-37-36(38-35)40-33-15-11-25(7-3)21-29(33)30-22-26(8-4)12-16-34(30)40/h5-22H,1-4H2. The van der Waals surface area contributed by atoms with E-state index in [-0.39, 0.29) is 0 Å². The fourth-order valence-electron chi connectivity index (χ4n) is 5.66. The molecule has 0 aliphatic carbocycles. The fourth-order valence-corrected chi connectivity index (χ4v) is 5.66. The first kappa shape index (κ1) is 23.6. The summed E-state index contributed by atoms with van der Waals surface area (Å²) in [5.41, 5.74) is 8.48. The lowest BCUT2D eigenvalue weighted by atomic mass is 10.1. The molecule has 0 bridgehead atoms. The van der Waals surface area contributed by atoms with Gasteiger partial charge in [-0.3, -0.25) is 9.13 Å². The number of fused-ring (bicyclic) bond motifs is 6. The van der Waals surface area contributed by atoms with Crippen molar-refractivity contribution in [2.24, 2.45) is 0 Å². The highest BCUT2D eigenvalue weighted by molar-refractivity contribution is 6.11. The highest BCUT2D eigenvalue weighted by Crippen LogP contribution is 2.35. The third-order valence-corrected chi connectivity index (χ3v) is 7.63. The van der Waals surface area contributed by atoms with Crippen molar-refractivity contribution in [3.63, 3.8) is 0 Å². The normalized spacial score (nSPS) is 11.4. The molecule has 0 aliphatic rings. The smallest absolute Gasteiger partial charge is 0.236 e. The van der Waals surface area contributed by atoms with Crippen molar-refractivity contribution in [3.8, 4) is 11.8 Å². The lowest BCUT2D eigenvalue weighted by Crippen LogP contribution is -2.05. The first-order valence-corrected chi connectivity index (χ1v) is 13.1. The van der Waals surface area contributed by atoms with E-state index in [0.717, 1.165) is 71.7 Å². The Kier molecular flexibility index (Phi) is 5.36. The lowest BCUT2D eigenvalue weighted by Gasteiger charge is -2.11. The van der Waals surface area contributed by atoms with Gasteiger partial charge in [0.2, 0.25) is 5.95 Å². The molecule has 3 heterocycles. The van der Waals surface area contributed by atoms with Crippen LogP contribution >= 0.6 is 0 Å². The van der Waals surface area contributed by atoms with Gasteiger partial charge in [0.15, 0.2) is 0 Å². The molecule has 0 saturated carbocycles. The highest BCUT2D eigenvalue weighted by Gasteiger charge is 2.18. The minimum atomic E-state index is 0.607. The Balaban J connectivity index is 1.53. The average molecular weight is 515 g/mol. The Labute approximate surface area is 232 Å². The van der Waals surface area contributed by atoms with Crippen LogP contribution in [0.15, 0.2) is 111 Å². The summed E-state index contributed by atoms with van der Waals surface area (Å²) in [6.07, 6.45) is 9.32. The summed E-state index contributed by atoms with van der Waals surface area (Å²) in [5, 5.41) is 4.52. The number of hydrogen-bond acceptors (Lipinski definition) is 2. The van der Waals surface area contributed by atoms with Gasteiger partial charge in [-0.1, -0.05) is 74.9 Å². The Morgan fingerprint density at radius 2 is 0.850 bits per heavy atom. The molecule has 0 amide bonds. The van der Waals surface area contributed by atoms with Crippen molar-refractivity contribution in [1.29, 1.82) is 0 Å². The SMILES string of the molecule is C=Cc1ccc2c(c1)c1cc(C=C)ccc1n2-c1ccnc(-n2c3ccc(C=C)cc3c3cc(C=C)ccc32)n1. The van der Waals surface area contributed by atoms with Gasteiger partial charge in [0.05, 0.1) is 22.1 Å². The minimum Gasteiger partial charge on any atom is -0.294 e. The molecular formula is C36H26N4. The Bertz CT molecular complexity index is 1910. The maximum absolute atomic E-state index is 5.16. The van der Waals surface area contributed by atoms with Crippen LogP contribution in [0.4, 0.5) is 0 Å². The van der Waals surface area contributed by atoms with Gasteiger partial charge >= 0.3 is 0 Å². The summed E-state index contributed by atoms with van der Waals surface area (Å²) in [5.74, 6) is 1.40. The van der Waals surface area contributed by atoms with Crippen molar-refractivity contribution in [1.82, 2.24) is 19.1 Å². The van der Waals surface area contributed by atoms with E-state index in [0.29, 0.717) is 5.95 Å². The number of hydrogen-bond donors (Lipinski definition) is 0.